The molecule has 5 nitrogen and oxygen atoms in total. The molecule has 0 fully saturated rings. The van der Waals surface area contributed by atoms with E-state index in [1.165, 1.54) is 7.11 Å². The van der Waals surface area contributed by atoms with Gasteiger partial charge in [0.1, 0.15) is 11.5 Å². The minimum Gasteiger partial charge on any atom is -0.495 e. The summed E-state index contributed by atoms with van der Waals surface area (Å²) in [7, 11) is 1.51. The van der Waals surface area contributed by atoms with Gasteiger partial charge in [0.25, 0.3) is 0 Å². The number of benzene rings is 2. The summed E-state index contributed by atoms with van der Waals surface area (Å²) >= 11 is 11.8. The molecule has 0 aliphatic carbocycles. The molecule has 23 heavy (non-hydrogen) atoms. The van der Waals surface area contributed by atoms with Gasteiger partial charge in [-0.3, -0.25) is 0 Å². The quantitative estimate of drug-likeness (QED) is 0.778. The van der Waals surface area contributed by atoms with Crippen LogP contribution in [0.5, 0.6) is 11.5 Å². The smallest absolute Gasteiger partial charge is 0.321 e. The van der Waals surface area contributed by atoms with Crippen molar-refractivity contribution in [1.82, 2.24) is 5.32 Å². The maximum Gasteiger partial charge on any atom is 0.321 e. The molecular weight excluding hydrogens is 339 g/mol. The molecule has 0 saturated carbocycles. The van der Waals surface area contributed by atoms with Crippen LogP contribution in [0.3, 0.4) is 0 Å². The number of urea groups is 1. The molecule has 7 heteroatoms. The average molecular weight is 355 g/mol. The molecule has 0 atom stereocenters. The lowest BCUT2D eigenvalue weighted by atomic mass is 10.2. The van der Waals surface area contributed by atoms with Gasteiger partial charge in [-0.15, -0.1) is 0 Å². The molecule has 0 saturated heterocycles. The highest BCUT2D eigenvalue weighted by Gasteiger charge is 2.10. The number of rotatable bonds is 5. The Morgan fingerprint density at radius 3 is 2.52 bits per heavy atom. The van der Waals surface area contributed by atoms with Crippen LogP contribution in [0.4, 0.5) is 10.5 Å². The molecule has 2 aromatic rings. The van der Waals surface area contributed by atoms with Crippen LogP contribution < -0.4 is 20.1 Å². The van der Waals surface area contributed by atoms with E-state index in [4.69, 9.17) is 32.7 Å². The van der Waals surface area contributed by atoms with Gasteiger partial charge in [-0.25, -0.2) is 4.79 Å². The van der Waals surface area contributed by atoms with Gasteiger partial charge < -0.3 is 20.1 Å². The van der Waals surface area contributed by atoms with Gasteiger partial charge in [-0.1, -0.05) is 23.2 Å². The summed E-state index contributed by atoms with van der Waals surface area (Å²) < 4.78 is 10.6. The number of halogens is 2. The van der Waals surface area contributed by atoms with Crippen molar-refractivity contribution in [1.29, 1.82) is 0 Å². The van der Waals surface area contributed by atoms with Gasteiger partial charge in [0.05, 0.1) is 12.8 Å². The van der Waals surface area contributed by atoms with Crippen molar-refractivity contribution in [2.75, 3.05) is 19.2 Å². The maximum absolute atomic E-state index is 11.9. The zero-order valence-corrected chi connectivity index (χ0v) is 14.2. The summed E-state index contributed by atoms with van der Waals surface area (Å²) in [5.41, 5.74) is 1.36. The van der Waals surface area contributed by atoms with Crippen molar-refractivity contribution in [2.24, 2.45) is 0 Å². The van der Waals surface area contributed by atoms with E-state index >= 15 is 0 Å². The van der Waals surface area contributed by atoms with E-state index in [1.807, 2.05) is 6.92 Å². The Kier molecular flexibility index (Phi) is 5.96. The van der Waals surface area contributed by atoms with E-state index < -0.39 is 6.03 Å². The Balaban J connectivity index is 1.89. The fourth-order valence-electron chi connectivity index (χ4n) is 1.81. The van der Waals surface area contributed by atoms with Gasteiger partial charge in [0, 0.05) is 16.1 Å². The largest absolute Gasteiger partial charge is 0.495 e. The molecule has 0 radical (unpaired) electrons. The molecule has 0 spiro atoms. The number of aryl methyl sites for hydroxylation is 1. The van der Waals surface area contributed by atoms with E-state index in [-0.39, 0.29) is 6.73 Å². The number of ether oxygens (including phenoxy) is 2. The monoisotopic (exact) mass is 354 g/mol. The van der Waals surface area contributed by atoms with Crippen molar-refractivity contribution in [3.63, 3.8) is 0 Å². The van der Waals surface area contributed by atoms with Gasteiger partial charge in [-0.2, -0.15) is 0 Å². The summed E-state index contributed by atoms with van der Waals surface area (Å²) in [6.07, 6.45) is 0. The summed E-state index contributed by atoms with van der Waals surface area (Å²) in [5, 5.41) is 6.46. The SMILES string of the molecule is COc1cc(Cl)c(C)cc1NC(=O)NCOc1ccc(Cl)cc1. The third-order valence-electron chi connectivity index (χ3n) is 3.01. The number of hydrogen-bond donors (Lipinski definition) is 2. The average Bonchev–Trinajstić information content (AvgIpc) is 2.52. The molecule has 2 rings (SSSR count). The van der Waals surface area contributed by atoms with Gasteiger partial charge in [0.15, 0.2) is 6.73 Å². The molecule has 0 heterocycles. The van der Waals surface area contributed by atoms with E-state index in [0.717, 1.165) is 5.56 Å². The lowest BCUT2D eigenvalue weighted by Gasteiger charge is -2.13. The highest BCUT2D eigenvalue weighted by Crippen LogP contribution is 2.30. The van der Waals surface area contributed by atoms with Crippen molar-refractivity contribution in [3.8, 4) is 11.5 Å². The first-order valence-electron chi connectivity index (χ1n) is 6.77. The number of methoxy groups -OCH3 is 1. The fourth-order valence-corrected chi connectivity index (χ4v) is 2.09. The molecule has 0 aliphatic heterocycles. The van der Waals surface area contributed by atoms with Crippen molar-refractivity contribution in [3.05, 3.63) is 52.0 Å². The number of carbonyl (C=O) groups excluding carboxylic acids is 1. The van der Waals surface area contributed by atoms with Gasteiger partial charge in [0.2, 0.25) is 0 Å². The topological polar surface area (TPSA) is 59.6 Å². The van der Waals surface area contributed by atoms with Crippen LogP contribution in [0, 0.1) is 6.92 Å². The standard InChI is InChI=1S/C16H16Cl2N2O3/c1-10-7-14(15(22-2)8-13(10)18)20-16(21)19-9-23-12-5-3-11(17)4-6-12/h3-8H,9H2,1-2H3,(H2,19,20,21). The van der Waals surface area contributed by atoms with E-state index in [2.05, 4.69) is 10.6 Å². The van der Waals surface area contributed by atoms with Crippen LogP contribution in [0.2, 0.25) is 10.0 Å². The summed E-state index contributed by atoms with van der Waals surface area (Å²) in [6.45, 7) is 1.86. The van der Waals surface area contributed by atoms with Crippen LogP contribution in [0.15, 0.2) is 36.4 Å². The zero-order valence-electron chi connectivity index (χ0n) is 12.7. The second-order valence-corrected chi connectivity index (χ2v) is 5.52. The van der Waals surface area contributed by atoms with Gasteiger partial charge >= 0.3 is 6.03 Å². The van der Waals surface area contributed by atoms with Gasteiger partial charge in [-0.05, 0) is 42.8 Å². The molecule has 2 N–H and O–H groups in total. The predicted octanol–water partition coefficient (Wildman–Crippen LogP) is 4.47. The number of amides is 2. The number of carbonyl (C=O) groups is 1. The Hall–Kier alpha value is -2.11. The van der Waals surface area contributed by atoms with Crippen molar-refractivity contribution >= 4 is 34.9 Å². The number of hydrogen-bond acceptors (Lipinski definition) is 3. The summed E-state index contributed by atoms with van der Waals surface area (Å²) in [5.74, 6) is 1.09. The van der Waals surface area contributed by atoms with Crippen molar-refractivity contribution in [2.45, 2.75) is 6.92 Å². The molecule has 122 valence electrons. The molecule has 2 amide bonds. The minimum atomic E-state index is -0.418. The van der Waals surface area contributed by atoms with E-state index in [1.54, 1.807) is 36.4 Å². The van der Waals surface area contributed by atoms with Crippen LogP contribution in [0.25, 0.3) is 0 Å². The van der Waals surface area contributed by atoms with Crippen LogP contribution >= 0.6 is 23.2 Å². The maximum atomic E-state index is 11.9. The molecular formula is C16H16Cl2N2O3. The Morgan fingerprint density at radius 1 is 1.17 bits per heavy atom. The van der Waals surface area contributed by atoms with Crippen LogP contribution in [-0.2, 0) is 0 Å². The molecule has 0 aromatic heterocycles. The number of nitrogens with one attached hydrogen (secondary N) is 2. The summed E-state index contributed by atoms with van der Waals surface area (Å²) in [4.78, 5) is 11.9. The Bertz CT molecular complexity index is 690. The lowest BCUT2D eigenvalue weighted by Crippen LogP contribution is -2.32. The lowest BCUT2D eigenvalue weighted by molar-refractivity contribution is 0.234. The highest BCUT2D eigenvalue weighted by atomic mass is 35.5. The fraction of sp³-hybridized carbons (Fsp3) is 0.188. The first-order chi connectivity index (χ1) is 11.0. The Labute approximate surface area is 144 Å². The normalized spacial score (nSPS) is 10.1. The molecule has 0 bridgehead atoms. The molecule has 0 aliphatic rings. The second kappa shape index (κ2) is 7.94. The minimum absolute atomic E-state index is 0.0162. The third kappa shape index (κ3) is 4.94. The summed E-state index contributed by atoms with van der Waals surface area (Å²) in [6, 6.07) is 9.81. The highest BCUT2D eigenvalue weighted by molar-refractivity contribution is 6.31. The van der Waals surface area contributed by atoms with Crippen molar-refractivity contribution < 1.29 is 14.3 Å². The third-order valence-corrected chi connectivity index (χ3v) is 3.67. The first-order valence-corrected chi connectivity index (χ1v) is 7.52. The molecule has 0 unspecified atom stereocenters. The van der Waals surface area contributed by atoms with Crippen LogP contribution in [-0.4, -0.2) is 19.9 Å². The first kappa shape index (κ1) is 17.2. The van der Waals surface area contributed by atoms with E-state index in [0.29, 0.717) is 27.2 Å². The molecule has 2 aromatic carbocycles. The van der Waals surface area contributed by atoms with E-state index in [9.17, 15) is 4.79 Å². The zero-order chi connectivity index (χ0) is 16.8. The van der Waals surface area contributed by atoms with Crippen LogP contribution in [0.1, 0.15) is 5.56 Å². The predicted molar refractivity (Wildman–Crippen MR) is 91.8 cm³/mol. The second-order valence-electron chi connectivity index (χ2n) is 4.68. The number of anilines is 1. The Morgan fingerprint density at radius 2 is 1.87 bits per heavy atom.